The Labute approximate surface area is 100 Å². The van der Waals surface area contributed by atoms with E-state index in [0.717, 1.165) is 25.0 Å². The Kier molecular flexibility index (Phi) is 5.73. The highest BCUT2D eigenvalue weighted by Gasteiger charge is 2.44. The van der Waals surface area contributed by atoms with Crippen LogP contribution in [0.3, 0.4) is 0 Å². The number of methoxy groups -OCH3 is 1. The first kappa shape index (κ1) is 13.9. The molecule has 1 saturated carbocycles. The number of hydrogen-bond donors (Lipinski definition) is 2. The highest BCUT2D eigenvalue weighted by molar-refractivity contribution is 5.02. The third kappa shape index (κ3) is 3.44. The predicted molar refractivity (Wildman–Crippen MR) is 68.5 cm³/mol. The van der Waals surface area contributed by atoms with Crippen molar-refractivity contribution in [3.05, 3.63) is 0 Å². The largest absolute Gasteiger partial charge is 0.383 e. The summed E-state index contributed by atoms with van der Waals surface area (Å²) in [4.78, 5) is 0. The topological polar surface area (TPSA) is 47.3 Å². The fourth-order valence-corrected chi connectivity index (χ4v) is 2.43. The second kappa shape index (κ2) is 6.58. The first-order chi connectivity index (χ1) is 7.72. The van der Waals surface area contributed by atoms with E-state index >= 15 is 0 Å². The molecule has 1 unspecified atom stereocenters. The molecule has 3 N–H and O–H groups in total. The van der Waals surface area contributed by atoms with E-state index in [0.29, 0.717) is 6.54 Å². The third-order valence-corrected chi connectivity index (χ3v) is 4.02. The van der Waals surface area contributed by atoms with Crippen molar-refractivity contribution in [2.24, 2.45) is 17.6 Å². The van der Waals surface area contributed by atoms with E-state index in [1.54, 1.807) is 7.11 Å². The molecule has 1 aliphatic rings. The van der Waals surface area contributed by atoms with Gasteiger partial charge in [0.1, 0.15) is 0 Å². The molecule has 16 heavy (non-hydrogen) atoms. The molecular weight excluding hydrogens is 200 g/mol. The normalized spacial score (nSPS) is 20.1. The van der Waals surface area contributed by atoms with E-state index in [1.165, 1.54) is 25.7 Å². The molecule has 1 atom stereocenters. The molecule has 0 amide bonds. The lowest BCUT2D eigenvalue weighted by Crippen LogP contribution is -2.57. The molecule has 1 aliphatic carbocycles. The maximum Gasteiger partial charge on any atom is 0.0659 e. The van der Waals surface area contributed by atoms with Crippen molar-refractivity contribution in [1.82, 2.24) is 5.32 Å². The smallest absolute Gasteiger partial charge is 0.0659 e. The van der Waals surface area contributed by atoms with Crippen LogP contribution >= 0.6 is 0 Å². The van der Waals surface area contributed by atoms with Crippen LogP contribution in [-0.2, 0) is 4.74 Å². The van der Waals surface area contributed by atoms with Crippen molar-refractivity contribution in [1.29, 1.82) is 0 Å². The van der Waals surface area contributed by atoms with Gasteiger partial charge in [0.05, 0.1) is 12.1 Å². The molecule has 3 heteroatoms. The van der Waals surface area contributed by atoms with E-state index in [2.05, 4.69) is 19.2 Å². The monoisotopic (exact) mass is 228 g/mol. The fraction of sp³-hybridized carbons (Fsp3) is 1.00. The Balaban J connectivity index is 2.48. The maximum absolute atomic E-state index is 5.96. The highest BCUT2D eigenvalue weighted by atomic mass is 16.5. The number of hydrogen-bond acceptors (Lipinski definition) is 3. The number of ether oxygens (including phenoxy) is 1. The van der Waals surface area contributed by atoms with Crippen LogP contribution in [0.5, 0.6) is 0 Å². The summed E-state index contributed by atoms with van der Waals surface area (Å²) < 4.78 is 5.36. The van der Waals surface area contributed by atoms with Crippen LogP contribution < -0.4 is 11.1 Å². The first-order valence-electron chi connectivity index (χ1n) is 6.66. The van der Waals surface area contributed by atoms with Crippen molar-refractivity contribution < 1.29 is 4.74 Å². The molecule has 0 aliphatic heterocycles. The molecule has 0 heterocycles. The Morgan fingerprint density at radius 3 is 2.38 bits per heavy atom. The van der Waals surface area contributed by atoms with Gasteiger partial charge in [-0.05, 0) is 31.2 Å². The Bertz CT molecular complexity index is 190. The second-order valence-corrected chi connectivity index (χ2v) is 5.13. The van der Waals surface area contributed by atoms with Crippen molar-refractivity contribution in [3.63, 3.8) is 0 Å². The summed E-state index contributed by atoms with van der Waals surface area (Å²) in [5.41, 5.74) is 6.00. The van der Waals surface area contributed by atoms with Crippen LogP contribution in [0.2, 0.25) is 0 Å². The van der Waals surface area contributed by atoms with Gasteiger partial charge in [-0.1, -0.05) is 26.7 Å². The lowest BCUT2D eigenvalue weighted by Gasteiger charge is -2.35. The predicted octanol–water partition coefficient (Wildman–Crippen LogP) is 1.77. The summed E-state index contributed by atoms with van der Waals surface area (Å²) >= 11 is 0. The van der Waals surface area contributed by atoms with Gasteiger partial charge >= 0.3 is 0 Å². The van der Waals surface area contributed by atoms with Gasteiger partial charge in [-0.3, -0.25) is 0 Å². The van der Waals surface area contributed by atoms with E-state index in [9.17, 15) is 0 Å². The van der Waals surface area contributed by atoms with Crippen molar-refractivity contribution in [3.8, 4) is 0 Å². The summed E-state index contributed by atoms with van der Waals surface area (Å²) in [5, 5.41) is 3.70. The molecule has 3 nitrogen and oxygen atoms in total. The van der Waals surface area contributed by atoms with Crippen LogP contribution in [0.1, 0.15) is 39.5 Å². The quantitative estimate of drug-likeness (QED) is 0.632. The van der Waals surface area contributed by atoms with Crippen LogP contribution in [0, 0.1) is 11.8 Å². The summed E-state index contributed by atoms with van der Waals surface area (Å²) in [6.45, 7) is 7.02. The molecule has 0 aromatic rings. The highest BCUT2D eigenvalue weighted by Crippen LogP contribution is 2.39. The average Bonchev–Trinajstić information content (AvgIpc) is 3.13. The summed E-state index contributed by atoms with van der Waals surface area (Å²) in [7, 11) is 1.77. The Morgan fingerprint density at radius 2 is 2.00 bits per heavy atom. The molecular formula is C13H28N2O. The minimum atomic E-state index is 0.0390. The molecule has 0 bridgehead atoms. The first-order valence-corrected chi connectivity index (χ1v) is 6.66. The van der Waals surface area contributed by atoms with Crippen molar-refractivity contribution in [2.75, 3.05) is 26.8 Å². The lowest BCUT2D eigenvalue weighted by atomic mass is 9.92. The molecule has 0 spiro atoms. The van der Waals surface area contributed by atoms with Gasteiger partial charge in [-0.2, -0.15) is 0 Å². The molecule has 0 aromatic carbocycles. The van der Waals surface area contributed by atoms with E-state index < -0.39 is 0 Å². The van der Waals surface area contributed by atoms with Gasteiger partial charge in [0.15, 0.2) is 0 Å². The fourth-order valence-electron chi connectivity index (χ4n) is 2.43. The standard InChI is InChI=1S/C13H28N2O/c1-4-11(5-2)8-15-13(9-14,10-16-3)12-6-7-12/h11-12,15H,4-10,14H2,1-3H3. The average molecular weight is 228 g/mol. The molecule has 0 aromatic heterocycles. The minimum Gasteiger partial charge on any atom is -0.383 e. The number of rotatable bonds is 9. The second-order valence-electron chi connectivity index (χ2n) is 5.13. The molecule has 1 rings (SSSR count). The summed E-state index contributed by atoms with van der Waals surface area (Å²) in [5.74, 6) is 1.49. The van der Waals surface area contributed by atoms with E-state index in [-0.39, 0.29) is 5.54 Å². The van der Waals surface area contributed by atoms with Gasteiger partial charge in [0.2, 0.25) is 0 Å². The summed E-state index contributed by atoms with van der Waals surface area (Å²) in [6.07, 6.45) is 5.08. The van der Waals surface area contributed by atoms with Crippen LogP contribution in [0.25, 0.3) is 0 Å². The zero-order chi connectivity index (χ0) is 12.0. The number of nitrogens with one attached hydrogen (secondary N) is 1. The van der Waals surface area contributed by atoms with Gasteiger partial charge in [-0.25, -0.2) is 0 Å². The minimum absolute atomic E-state index is 0.0390. The molecule has 96 valence electrons. The molecule has 0 radical (unpaired) electrons. The summed E-state index contributed by atoms with van der Waals surface area (Å²) in [6, 6.07) is 0. The van der Waals surface area contributed by atoms with Crippen LogP contribution in [-0.4, -0.2) is 32.3 Å². The van der Waals surface area contributed by atoms with Crippen LogP contribution in [0.4, 0.5) is 0 Å². The lowest BCUT2D eigenvalue weighted by molar-refractivity contribution is 0.0949. The number of nitrogens with two attached hydrogens (primary N) is 1. The zero-order valence-corrected chi connectivity index (χ0v) is 11.1. The molecule has 0 saturated heterocycles. The van der Waals surface area contributed by atoms with Gasteiger partial charge in [-0.15, -0.1) is 0 Å². The molecule has 1 fully saturated rings. The van der Waals surface area contributed by atoms with Crippen molar-refractivity contribution >= 4 is 0 Å². The van der Waals surface area contributed by atoms with Gasteiger partial charge in [0.25, 0.3) is 0 Å². The Morgan fingerprint density at radius 1 is 1.38 bits per heavy atom. The zero-order valence-electron chi connectivity index (χ0n) is 11.1. The van der Waals surface area contributed by atoms with Gasteiger partial charge in [0, 0.05) is 13.7 Å². The van der Waals surface area contributed by atoms with Crippen molar-refractivity contribution in [2.45, 2.75) is 45.1 Å². The van der Waals surface area contributed by atoms with E-state index in [4.69, 9.17) is 10.5 Å². The third-order valence-electron chi connectivity index (χ3n) is 4.02. The SMILES string of the molecule is CCC(CC)CNC(CN)(COC)C1CC1. The van der Waals surface area contributed by atoms with E-state index in [1.807, 2.05) is 0 Å². The maximum atomic E-state index is 5.96. The Hall–Kier alpha value is -0.120. The van der Waals surface area contributed by atoms with Gasteiger partial charge < -0.3 is 15.8 Å². The van der Waals surface area contributed by atoms with Crippen LogP contribution in [0.15, 0.2) is 0 Å².